The van der Waals surface area contributed by atoms with Gasteiger partial charge in [0, 0.05) is 24.2 Å². The number of ether oxygens (including phenoxy) is 1. The third-order valence-electron chi connectivity index (χ3n) is 5.09. The fraction of sp³-hybridized carbons (Fsp3) is 0.381. The van der Waals surface area contributed by atoms with Crippen molar-refractivity contribution in [2.24, 2.45) is 0 Å². The highest BCUT2D eigenvalue weighted by atomic mass is 32.2. The number of hydrogen-bond donors (Lipinski definition) is 1. The third kappa shape index (κ3) is 4.20. The molecule has 0 heterocycles. The molecule has 28 heavy (non-hydrogen) atoms. The summed E-state index contributed by atoms with van der Waals surface area (Å²) in [5.74, 6) is 0.552. The van der Waals surface area contributed by atoms with Crippen LogP contribution in [0.25, 0.3) is 0 Å². The van der Waals surface area contributed by atoms with Gasteiger partial charge in [0.15, 0.2) is 0 Å². The van der Waals surface area contributed by atoms with Crippen molar-refractivity contribution in [3.63, 3.8) is 0 Å². The molecule has 0 aliphatic heterocycles. The van der Waals surface area contributed by atoms with E-state index in [4.69, 9.17) is 4.74 Å². The predicted molar refractivity (Wildman–Crippen MR) is 106 cm³/mol. The molecule has 0 bridgehead atoms. The van der Waals surface area contributed by atoms with Gasteiger partial charge >= 0.3 is 0 Å². The van der Waals surface area contributed by atoms with Gasteiger partial charge in [-0.25, -0.2) is 8.42 Å². The van der Waals surface area contributed by atoms with Gasteiger partial charge in [-0.2, -0.15) is 4.31 Å². The van der Waals surface area contributed by atoms with Gasteiger partial charge in [0.05, 0.1) is 12.0 Å². The summed E-state index contributed by atoms with van der Waals surface area (Å²) in [5, 5.41) is 2.96. The van der Waals surface area contributed by atoms with E-state index < -0.39 is 10.0 Å². The summed E-state index contributed by atoms with van der Waals surface area (Å²) in [7, 11) is -2.05. The molecule has 1 N–H and O–H groups in total. The van der Waals surface area contributed by atoms with Crippen LogP contribution in [0.1, 0.15) is 41.6 Å². The number of methoxy groups -OCH3 is 1. The molecule has 148 valence electrons. The number of nitrogens with one attached hydrogen (secondary N) is 1. The molecule has 2 aromatic rings. The summed E-state index contributed by atoms with van der Waals surface area (Å²) in [4.78, 5) is 12.4. The molecule has 0 saturated heterocycles. The Bertz CT molecular complexity index is 947. The smallest absolute Gasteiger partial charge is 0.251 e. The van der Waals surface area contributed by atoms with E-state index in [1.54, 1.807) is 47.8 Å². The Balaban J connectivity index is 1.50. The van der Waals surface area contributed by atoms with E-state index in [0.717, 1.165) is 31.2 Å². The first-order valence-corrected chi connectivity index (χ1v) is 11.0. The Morgan fingerprint density at radius 2 is 1.68 bits per heavy atom. The topological polar surface area (TPSA) is 75.7 Å². The fourth-order valence-electron chi connectivity index (χ4n) is 3.09. The summed E-state index contributed by atoms with van der Waals surface area (Å²) in [6.07, 6.45) is 3.83. The van der Waals surface area contributed by atoms with E-state index in [0.29, 0.717) is 23.9 Å². The second-order valence-corrected chi connectivity index (χ2v) is 9.29. The Morgan fingerprint density at radius 1 is 1.04 bits per heavy atom. The number of hydrogen-bond acceptors (Lipinski definition) is 4. The Hall–Kier alpha value is -2.38. The standard InChI is InChI=1S/C21H24N2O4S/c1-27-19-10-12-20(13-11-19)28(25,26)23(18-8-9-18)14-15-2-4-16(5-3-15)21(24)22-17-6-7-17/h2-5,10-13,17-18H,6-9,14H2,1H3,(H,22,24). The SMILES string of the molecule is COc1ccc(S(=O)(=O)N(Cc2ccc(C(=O)NC3CC3)cc2)C2CC2)cc1. The van der Waals surface area contributed by atoms with Crippen LogP contribution in [0.15, 0.2) is 53.4 Å². The molecule has 0 radical (unpaired) electrons. The van der Waals surface area contributed by atoms with Gasteiger partial charge in [0.2, 0.25) is 10.0 Å². The highest BCUT2D eigenvalue weighted by Crippen LogP contribution is 2.34. The molecular formula is C21H24N2O4S. The van der Waals surface area contributed by atoms with Crippen LogP contribution in [-0.2, 0) is 16.6 Å². The van der Waals surface area contributed by atoms with Crippen LogP contribution in [0.3, 0.4) is 0 Å². The first kappa shape index (κ1) is 19.0. The van der Waals surface area contributed by atoms with Gasteiger partial charge in [-0.15, -0.1) is 0 Å². The van der Waals surface area contributed by atoms with Crippen LogP contribution < -0.4 is 10.1 Å². The molecule has 0 aromatic heterocycles. The first-order chi connectivity index (χ1) is 13.5. The maximum Gasteiger partial charge on any atom is 0.251 e. The molecule has 4 rings (SSSR count). The second-order valence-electron chi connectivity index (χ2n) is 7.40. The van der Waals surface area contributed by atoms with Crippen molar-refractivity contribution in [2.45, 2.75) is 49.2 Å². The average Bonchev–Trinajstić information content (AvgIpc) is 3.61. The van der Waals surface area contributed by atoms with Crippen LogP contribution >= 0.6 is 0 Å². The molecule has 1 amide bonds. The van der Waals surface area contributed by atoms with Crippen molar-refractivity contribution in [1.29, 1.82) is 0 Å². The number of amides is 1. The number of rotatable bonds is 8. The zero-order chi connectivity index (χ0) is 19.7. The molecule has 2 fully saturated rings. The van der Waals surface area contributed by atoms with E-state index in [1.807, 2.05) is 12.1 Å². The highest BCUT2D eigenvalue weighted by molar-refractivity contribution is 7.89. The molecule has 6 nitrogen and oxygen atoms in total. The first-order valence-electron chi connectivity index (χ1n) is 9.53. The van der Waals surface area contributed by atoms with E-state index in [2.05, 4.69) is 5.32 Å². The molecule has 0 atom stereocenters. The van der Waals surface area contributed by atoms with E-state index >= 15 is 0 Å². The van der Waals surface area contributed by atoms with Crippen molar-refractivity contribution < 1.29 is 17.9 Å². The van der Waals surface area contributed by atoms with Crippen molar-refractivity contribution in [2.75, 3.05) is 7.11 Å². The molecule has 7 heteroatoms. The Kier molecular flexibility index (Phi) is 5.12. The lowest BCUT2D eigenvalue weighted by Gasteiger charge is -2.22. The minimum atomic E-state index is -3.60. The summed E-state index contributed by atoms with van der Waals surface area (Å²) in [6, 6.07) is 14.0. The Labute approximate surface area is 165 Å². The summed E-state index contributed by atoms with van der Waals surface area (Å²) >= 11 is 0. The number of carbonyl (C=O) groups excluding carboxylic acids is 1. The number of carbonyl (C=O) groups is 1. The number of benzene rings is 2. The minimum Gasteiger partial charge on any atom is -0.497 e. The zero-order valence-electron chi connectivity index (χ0n) is 15.8. The molecule has 2 aromatic carbocycles. The van der Waals surface area contributed by atoms with E-state index in [-0.39, 0.29) is 16.8 Å². The summed E-state index contributed by atoms with van der Waals surface area (Å²) < 4.78 is 33.0. The largest absolute Gasteiger partial charge is 0.497 e. The van der Waals surface area contributed by atoms with Crippen LogP contribution in [0.2, 0.25) is 0 Å². The summed E-state index contributed by atoms with van der Waals surface area (Å²) in [6.45, 7) is 0.295. The van der Waals surface area contributed by atoms with Crippen LogP contribution in [0, 0.1) is 0 Å². The lowest BCUT2D eigenvalue weighted by Crippen LogP contribution is -2.32. The second kappa shape index (κ2) is 7.56. The minimum absolute atomic E-state index is 0.0324. The molecule has 2 saturated carbocycles. The van der Waals surface area contributed by atoms with Crippen molar-refractivity contribution in [3.05, 3.63) is 59.7 Å². The molecular weight excluding hydrogens is 376 g/mol. The van der Waals surface area contributed by atoms with Crippen molar-refractivity contribution in [3.8, 4) is 5.75 Å². The van der Waals surface area contributed by atoms with Gasteiger partial charge < -0.3 is 10.1 Å². The maximum atomic E-state index is 13.1. The lowest BCUT2D eigenvalue weighted by molar-refractivity contribution is 0.0951. The number of sulfonamides is 1. The van der Waals surface area contributed by atoms with E-state index in [1.165, 1.54) is 0 Å². The van der Waals surface area contributed by atoms with Gasteiger partial charge in [0.1, 0.15) is 5.75 Å². The van der Waals surface area contributed by atoms with Crippen LogP contribution in [-0.4, -0.2) is 37.8 Å². The Morgan fingerprint density at radius 3 is 2.21 bits per heavy atom. The van der Waals surface area contributed by atoms with E-state index in [9.17, 15) is 13.2 Å². The molecule has 2 aliphatic carbocycles. The average molecular weight is 401 g/mol. The van der Waals surface area contributed by atoms with Gasteiger partial charge in [0.25, 0.3) is 5.91 Å². The fourth-order valence-corrected chi connectivity index (χ4v) is 4.77. The predicted octanol–water partition coefficient (Wildman–Crippen LogP) is 2.94. The number of nitrogens with zero attached hydrogens (tertiary/aromatic N) is 1. The lowest BCUT2D eigenvalue weighted by atomic mass is 10.1. The monoisotopic (exact) mass is 400 g/mol. The molecule has 0 spiro atoms. The van der Waals surface area contributed by atoms with Crippen molar-refractivity contribution >= 4 is 15.9 Å². The summed E-state index contributed by atoms with van der Waals surface area (Å²) in [5.41, 5.74) is 1.47. The maximum absolute atomic E-state index is 13.1. The molecule has 2 aliphatic rings. The third-order valence-corrected chi connectivity index (χ3v) is 7.00. The zero-order valence-corrected chi connectivity index (χ0v) is 16.6. The van der Waals surface area contributed by atoms with Crippen LogP contribution in [0.5, 0.6) is 5.75 Å². The van der Waals surface area contributed by atoms with Gasteiger partial charge in [-0.1, -0.05) is 12.1 Å². The highest BCUT2D eigenvalue weighted by Gasteiger charge is 2.38. The quantitative estimate of drug-likeness (QED) is 0.739. The van der Waals surface area contributed by atoms with Crippen molar-refractivity contribution in [1.82, 2.24) is 9.62 Å². The van der Waals surface area contributed by atoms with Crippen LogP contribution in [0.4, 0.5) is 0 Å². The normalized spacial score (nSPS) is 16.8. The van der Waals surface area contributed by atoms with Gasteiger partial charge in [-0.05, 0) is 67.6 Å². The molecule has 0 unspecified atom stereocenters. The van der Waals surface area contributed by atoms with Gasteiger partial charge in [-0.3, -0.25) is 4.79 Å².